The van der Waals surface area contributed by atoms with Gasteiger partial charge >= 0.3 is 5.97 Å². The first-order valence-corrected chi connectivity index (χ1v) is 7.32. The zero-order chi connectivity index (χ0) is 14.0. The molecule has 1 unspecified atom stereocenters. The average Bonchev–Trinajstić information content (AvgIpc) is 2.78. The highest BCUT2D eigenvalue weighted by atomic mass is 16.4. The van der Waals surface area contributed by atoms with E-state index in [9.17, 15) is 14.7 Å². The van der Waals surface area contributed by atoms with E-state index in [2.05, 4.69) is 18.7 Å². The Morgan fingerprint density at radius 1 is 1.32 bits per heavy atom. The van der Waals surface area contributed by atoms with Gasteiger partial charge in [-0.3, -0.25) is 14.5 Å². The van der Waals surface area contributed by atoms with Crippen LogP contribution in [0.4, 0.5) is 0 Å². The van der Waals surface area contributed by atoms with E-state index in [-0.39, 0.29) is 5.91 Å². The van der Waals surface area contributed by atoms with Crippen molar-refractivity contribution in [2.75, 3.05) is 26.2 Å². The minimum atomic E-state index is -1.10. The van der Waals surface area contributed by atoms with Crippen molar-refractivity contribution in [2.24, 2.45) is 5.41 Å². The standard InChI is InChI=1S/C14H24N2O3/c1-3-15(4-2)11-6-9-16(10-11)12(17)14(13(18)19)7-5-8-14/h11H,3-10H2,1-2H3,(H,18,19). The van der Waals surface area contributed by atoms with Crippen molar-refractivity contribution in [2.45, 2.75) is 45.6 Å². The normalized spacial score (nSPS) is 25.4. The van der Waals surface area contributed by atoms with Gasteiger partial charge in [-0.2, -0.15) is 0 Å². The third-order valence-electron chi connectivity index (χ3n) is 4.81. The van der Waals surface area contributed by atoms with Gasteiger partial charge in [-0.05, 0) is 32.4 Å². The number of hydrogen-bond acceptors (Lipinski definition) is 3. The van der Waals surface area contributed by atoms with Crippen LogP contribution in [0.1, 0.15) is 39.5 Å². The first-order valence-electron chi connectivity index (χ1n) is 7.32. The molecule has 108 valence electrons. The summed E-state index contributed by atoms with van der Waals surface area (Å²) in [5.74, 6) is -1.09. The monoisotopic (exact) mass is 268 g/mol. The topological polar surface area (TPSA) is 60.9 Å². The van der Waals surface area contributed by atoms with Crippen molar-refractivity contribution in [3.8, 4) is 0 Å². The number of likely N-dealkylation sites (N-methyl/N-ethyl adjacent to an activating group) is 1. The van der Waals surface area contributed by atoms with Gasteiger partial charge in [0.25, 0.3) is 0 Å². The second kappa shape index (κ2) is 5.49. The summed E-state index contributed by atoms with van der Waals surface area (Å²) >= 11 is 0. The number of carbonyl (C=O) groups is 2. The van der Waals surface area contributed by atoms with E-state index < -0.39 is 11.4 Å². The van der Waals surface area contributed by atoms with Gasteiger partial charge in [-0.1, -0.05) is 20.3 Å². The van der Waals surface area contributed by atoms with Crippen molar-refractivity contribution in [1.82, 2.24) is 9.80 Å². The van der Waals surface area contributed by atoms with Gasteiger partial charge in [0.05, 0.1) is 0 Å². The van der Waals surface area contributed by atoms with Crippen molar-refractivity contribution in [1.29, 1.82) is 0 Å². The van der Waals surface area contributed by atoms with Crippen LogP contribution in [-0.4, -0.2) is 59.0 Å². The number of likely N-dealkylation sites (tertiary alicyclic amines) is 1. The first kappa shape index (κ1) is 14.3. The Morgan fingerprint density at radius 2 is 1.95 bits per heavy atom. The van der Waals surface area contributed by atoms with E-state index in [1.165, 1.54) is 0 Å². The number of hydrogen-bond donors (Lipinski definition) is 1. The minimum Gasteiger partial charge on any atom is -0.480 e. The second-order valence-corrected chi connectivity index (χ2v) is 5.66. The van der Waals surface area contributed by atoms with Crippen LogP contribution < -0.4 is 0 Å². The molecule has 0 aromatic rings. The molecule has 1 atom stereocenters. The molecule has 1 aliphatic carbocycles. The van der Waals surface area contributed by atoms with Crippen LogP contribution in [-0.2, 0) is 9.59 Å². The molecule has 2 rings (SSSR count). The highest BCUT2D eigenvalue weighted by Gasteiger charge is 2.53. The van der Waals surface area contributed by atoms with Gasteiger partial charge in [0.15, 0.2) is 0 Å². The lowest BCUT2D eigenvalue weighted by atomic mass is 9.68. The smallest absolute Gasteiger partial charge is 0.319 e. The molecule has 0 aromatic carbocycles. The van der Waals surface area contributed by atoms with Crippen LogP contribution in [0.2, 0.25) is 0 Å². The lowest BCUT2D eigenvalue weighted by Crippen LogP contribution is -2.52. The van der Waals surface area contributed by atoms with Gasteiger partial charge in [0.1, 0.15) is 5.41 Å². The molecule has 0 spiro atoms. The second-order valence-electron chi connectivity index (χ2n) is 5.66. The molecule has 1 saturated heterocycles. The summed E-state index contributed by atoms with van der Waals surface area (Å²) in [7, 11) is 0. The van der Waals surface area contributed by atoms with Gasteiger partial charge in [0.2, 0.25) is 5.91 Å². The van der Waals surface area contributed by atoms with Gasteiger partial charge < -0.3 is 10.0 Å². The number of aliphatic carboxylic acids is 1. The molecule has 19 heavy (non-hydrogen) atoms. The van der Waals surface area contributed by atoms with Crippen LogP contribution in [0, 0.1) is 5.41 Å². The quantitative estimate of drug-likeness (QED) is 0.761. The zero-order valence-corrected chi connectivity index (χ0v) is 11.9. The van der Waals surface area contributed by atoms with E-state index >= 15 is 0 Å². The summed E-state index contributed by atoms with van der Waals surface area (Å²) in [5.41, 5.74) is -1.10. The van der Waals surface area contributed by atoms with E-state index in [0.717, 1.165) is 25.9 Å². The molecule has 1 amide bonds. The first-order chi connectivity index (χ1) is 9.05. The summed E-state index contributed by atoms with van der Waals surface area (Å²) in [6.07, 6.45) is 2.83. The fraction of sp³-hybridized carbons (Fsp3) is 0.857. The SMILES string of the molecule is CCN(CC)C1CCN(C(=O)C2(C(=O)O)CCC2)C1. The third kappa shape index (κ3) is 2.36. The highest BCUT2D eigenvalue weighted by Crippen LogP contribution is 2.43. The number of carboxylic acids is 1. The maximum Gasteiger partial charge on any atom is 0.319 e. The van der Waals surface area contributed by atoms with Crippen LogP contribution in [0.5, 0.6) is 0 Å². The van der Waals surface area contributed by atoms with Crippen molar-refractivity contribution >= 4 is 11.9 Å². The maximum atomic E-state index is 12.5. The number of carbonyl (C=O) groups excluding carboxylic acids is 1. The van der Waals surface area contributed by atoms with Crippen molar-refractivity contribution < 1.29 is 14.7 Å². The number of amides is 1. The molecule has 5 heteroatoms. The van der Waals surface area contributed by atoms with Gasteiger partial charge in [-0.25, -0.2) is 0 Å². The zero-order valence-electron chi connectivity index (χ0n) is 11.9. The fourth-order valence-electron chi connectivity index (χ4n) is 3.32. The van der Waals surface area contributed by atoms with Crippen LogP contribution in [0.3, 0.4) is 0 Å². The molecule has 1 heterocycles. The Balaban J connectivity index is 2.01. The molecular formula is C14H24N2O3. The molecule has 1 aliphatic heterocycles. The molecule has 5 nitrogen and oxygen atoms in total. The van der Waals surface area contributed by atoms with Crippen LogP contribution >= 0.6 is 0 Å². The summed E-state index contributed by atoms with van der Waals surface area (Å²) in [5, 5.41) is 9.32. The molecule has 1 N–H and O–H groups in total. The van der Waals surface area contributed by atoms with Gasteiger partial charge in [-0.15, -0.1) is 0 Å². The largest absolute Gasteiger partial charge is 0.480 e. The van der Waals surface area contributed by atoms with E-state index in [1.807, 2.05) is 0 Å². The number of nitrogens with zero attached hydrogens (tertiary/aromatic N) is 2. The minimum absolute atomic E-state index is 0.152. The third-order valence-corrected chi connectivity index (χ3v) is 4.81. The molecular weight excluding hydrogens is 244 g/mol. The van der Waals surface area contributed by atoms with Gasteiger partial charge in [0, 0.05) is 19.1 Å². The predicted molar refractivity (Wildman–Crippen MR) is 71.8 cm³/mol. The molecule has 2 fully saturated rings. The van der Waals surface area contributed by atoms with Crippen LogP contribution in [0.25, 0.3) is 0 Å². The fourth-order valence-corrected chi connectivity index (χ4v) is 3.32. The Bertz CT molecular complexity index is 362. The van der Waals surface area contributed by atoms with E-state index in [0.29, 0.717) is 32.0 Å². The van der Waals surface area contributed by atoms with Crippen molar-refractivity contribution in [3.05, 3.63) is 0 Å². The van der Waals surface area contributed by atoms with Crippen LogP contribution in [0.15, 0.2) is 0 Å². The lowest BCUT2D eigenvalue weighted by molar-refractivity contribution is -0.167. The average molecular weight is 268 g/mol. The Hall–Kier alpha value is -1.10. The highest BCUT2D eigenvalue weighted by molar-refractivity contribution is 6.02. The Kier molecular flexibility index (Phi) is 4.13. The molecule has 0 aromatic heterocycles. The number of rotatable bonds is 5. The lowest BCUT2D eigenvalue weighted by Gasteiger charge is -2.39. The molecule has 0 bridgehead atoms. The summed E-state index contributed by atoms with van der Waals surface area (Å²) in [4.78, 5) is 28.0. The van der Waals surface area contributed by atoms with E-state index in [4.69, 9.17) is 0 Å². The number of carboxylic acid groups (broad SMARTS) is 1. The Morgan fingerprint density at radius 3 is 2.37 bits per heavy atom. The summed E-state index contributed by atoms with van der Waals surface area (Å²) in [6.45, 7) is 7.60. The molecule has 2 aliphatic rings. The maximum absolute atomic E-state index is 12.5. The van der Waals surface area contributed by atoms with Crippen molar-refractivity contribution in [3.63, 3.8) is 0 Å². The predicted octanol–water partition coefficient (Wildman–Crippen LogP) is 1.18. The summed E-state index contributed by atoms with van der Waals surface area (Å²) < 4.78 is 0. The molecule has 1 saturated carbocycles. The summed E-state index contributed by atoms with van der Waals surface area (Å²) in [6, 6.07) is 0.393. The Labute approximate surface area is 114 Å². The van der Waals surface area contributed by atoms with E-state index in [1.54, 1.807) is 4.90 Å². The molecule has 0 radical (unpaired) electrons.